The number of rotatable bonds is 28. The molecule has 654 valence electrons. The molecular formula is C84H114Cl9O16P9. The molecule has 16 nitrogen and oxygen atoms in total. The van der Waals surface area contributed by atoms with Gasteiger partial charge in [0.25, 0.3) is 0 Å². The predicted octanol–water partition coefficient (Wildman–Crippen LogP) is 23.8. The summed E-state index contributed by atoms with van der Waals surface area (Å²) in [7, 11) is 23.1. The molecule has 0 saturated carbocycles. The Labute approximate surface area is 761 Å². The first-order chi connectivity index (χ1) is 56.3. The van der Waals surface area contributed by atoms with Gasteiger partial charge in [0.05, 0.1) is 71.1 Å². The zero-order valence-electron chi connectivity index (χ0n) is 71.4. The lowest BCUT2D eigenvalue weighted by Gasteiger charge is -2.24. The van der Waals surface area contributed by atoms with Crippen molar-refractivity contribution in [1.29, 1.82) is 0 Å². The summed E-state index contributed by atoms with van der Waals surface area (Å²) in [6.45, 7) is 26.0. The molecule has 0 fully saturated rings. The van der Waals surface area contributed by atoms with E-state index in [9.17, 15) is 0 Å². The number of ether oxygens (including phenoxy) is 16. The maximum atomic E-state index is 5.95. The van der Waals surface area contributed by atoms with Gasteiger partial charge in [-0.3, -0.25) is 0 Å². The molecule has 0 amide bonds. The van der Waals surface area contributed by atoms with E-state index in [1.165, 1.54) is 27.8 Å². The van der Waals surface area contributed by atoms with E-state index in [1.807, 2.05) is 124 Å². The van der Waals surface area contributed by atoms with Gasteiger partial charge in [-0.15, -0.1) is 0 Å². The second-order valence-electron chi connectivity index (χ2n) is 26.4. The maximum Gasteiger partial charge on any atom is 0.188 e. The first-order valence-electron chi connectivity index (χ1n) is 35.6. The number of hydrogen-bond acceptors (Lipinski definition) is 16. The minimum absolute atomic E-state index is 0.0706. The third-order valence-electron chi connectivity index (χ3n) is 15.9. The molecule has 9 unspecified atom stereocenters. The van der Waals surface area contributed by atoms with Crippen LogP contribution in [0.4, 0.5) is 0 Å². The summed E-state index contributed by atoms with van der Waals surface area (Å²) in [5.41, 5.74) is 9.92. The predicted molar refractivity (Wildman–Crippen MR) is 531 cm³/mol. The van der Waals surface area contributed by atoms with Crippen molar-refractivity contribution in [2.24, 2.45) is 0 Å². The molecule has 0 aromatic heterocycles. The monoisotopic (exact) mass is 1970 g/mol. The van der Waals surface area contributed by atoms with Gasteiger partial charge in [-0.05, 0) is 171 Å². The van der Waals surface area contributed by atoms with Crippen molar-refractivity contribution in [1.82, 2.24) is 0 Å². The van der Waals surface area contributed by atoms with Crippen molar-refractivity contribution in [2.75, 3.05) is 113 Å². The minimum atomic E-state index is 0.0706. The van der Waals surface area contributed by atoms with Crippen LogP contribution in [0.1, 0.15) is 86.1 Å². The van der Waals surface area contributed by atoms with E-state index in [-0.39, 0.29) is 103 Å². The molecule has 0 bridgehead atoms. The Balaban J connectivity index is 0.000000666. The Hall–Kier alpha value is -3.26. The van der Waals surface area contributed by atoms with Crippen molar-refractivity contribution in [3.63, 3.8) is 0 Å². The summed E-state index contributed by atoms with van der Waals surface area (Å²) in [6.07, 6.45) is 0. The molecule has 0 aliphatic carbocycles. The van der Waals surface area contributed by atoms with E-state index in [0.29, 0.717) is 28.7 Å². The van der Waals surface area contributed by atoms with Gasteiger partial charge in [-0.1, -0.05) is 203 Å². The van der Waals surface area contributed by atoms with Gasteiger partial charge >= 0.3 is 0 Å². The van der Waals surface area contributed by atoms with Crippen LogP contribution < -0.4 is 109 Å². The molecule has 9 aromatic rings. The van der Waals surface area contributed by atoms with Crippen molar-refractivity contribution in [3.8, 4) is 74.7 Å². The zero-order valence-corrected chi connectivity index (χ0v) is 87.2. The van der Waals surface area contributed by atoms with Crippen molar-refractivity contribution in [3.05, 3.63) is 190 Å². The van der Waals surface area contributed by atoms with Crippen LogP contribution in [0.15, 0.2) is 146 Å². The molecule has 34 heteroatoms. The Morgan fingerprint density at radius 3 is 1.07 bits per heavy atom. The molecule has 0 heterocycles. The first kappa shape index (κ1) is 113. The number of aryl methyl sites for hydroxylation is 6. The molecule has 0 spiro atoms. The third kappa shape index (κ3) is 39.9. The van der Waals surface area contributed by atoms with Crippen molar-refractivity contribution in [2.45, 2.75) is 93.9 Å². The second kappa shape index (κ2) is 63.6. The van der Waals surface area contributed by atoms with Gasteiger partial charge in [-0.2, -0.15) is 0 Å². The number of methoxy groups -OCH3 is 13. The molecule has 0 N–H and O–H groups in total. The smallest absolute Gasteiger partial charge is 0.188 e. The molecule has 9 atom stereocenters. The number of para-hydroxylation sites is 3. The number of benzene rings is 9. The molecule has 9 aromatic carbocycles. The average Bonchev–Trinajstić information content (AvgIpc) is 0.817. The van der Waals surface area contributed by atoms with Crippen LogP contribution in [0.25, 0.3) is 0 Å². The normalized spacial score (nSPS) is 11.2. The summed E-state index contributed by atoms with van der Waals surface area (Å²) in [5.74, 6) is 10.2. The van der Waals surface area contributed by atoms with Crippen molar-refractivity contribution >= 4 is 220 Å². The zero-order chi connectivity index (χ0) is 89.1. The minimum Gasteiger partial charge on any atom is -0.497 e. The highest BCUT2D eigenvalue weighted by molar-refractivity contribution is 7.77. The molecule has 0 radical (unpaired) electrons. The summed E-state index contributed by atoms with van der Waals surface area (Å²) in [4.78, 5) is 0. The lowest BCUT2D eigenvalue weighted by molar-refractivity contribution is 0.0498. The van der Waals surface area contributed by atoms with Gasteiger partial charge in [-0.25, -0.2) is 0 Å². The van der Waals surface area contributed by atoms with Gasteiger partial charge in [0.1, 0.15) is 51.7 Å². The Morgan fingerprint density at radius 2 is 0.619 bits per heavy atom. The van der Waals surface area contributed by atoms with Crippen LogP contribution in [0.3, 0.4) is 0 Å². The number of hydrogen-bond donors (Lipinski definition) is 0. The fourth-order valence-corrected chi connectivity index (χ4v) is 18.9. The number of halogens is 9. The third-order valence-corrected chi connectivity index (χ3v) is 26.6. The van der Waals surface area contributed by atoms with Gasteiger partial charge in [0.2, 0.25) is 0 Å². The van der Waals surface area contributed by atoms with E-state index in [1.54, 1.807) is 98.5 Å². The first-order valence-corrected chi connectivity index (χ1v) is 53.7. The van der Waals surface area contributed by atoms with Gasteiger partial charge < -0.3 is 75.8 Å². The maximum absolute atomic E-state index is 5.95. The molecule has 0 aliphatic heterocycles. The lowest BCUT2D eigenvalue weighted by atomic mass is 9.85. The van der Waals surface area contributed by atoms with E-state index in [0.717, 1.165) is 110 Å². The van der Waals surface area contributed by atoms with Gasteiger partial charge in [0.15, 0.2) is 43.4 Å². The largest absolute Gasteiger partial charge is 0.497 e. The molecule has 0 aliphatic rings. The van der Waals surface area contributed by atoms with E-state index in [4.69, 9.17) is 177 Å². The van der Waals surface area contributed by atoms with Crippen LogP contribution in [0, 0.1) is 41.5 Å². The highest BCUT2D eigenvalue weighted by Gasteiger charge is 2.23. The molecular weight excluding hydrogens is 1860 g/mol. The quantitative estimate of drug-likeness (QED) is 0.0338. The summed E-state index contributed by atoms with van der Waals surface area (Å²) >= 11 is 52.3. The van der Waals surface area contributed by atoms with Crippen LogP contribution in [-0.2, 0) is 25.0 Å². The van der Waals surface area contributed by atoms with Crippen LogP contribution >= 0.6 is 173 Å². The molecule has 0 saturated heterocycles. The summed E-state index contributed by atoms with van der Waals surface area (Å²) in [6, 6.07) is 47.2. The standard InChI is InChI=1S/2C12H18ClOP.C10H14ClO4P.2C9H12ClO3P.C9H12ClOP.2C8H10ClOP.C7H8ClOP/c1-8-6-9(12(2,3)4)7-10(15-13)11(8)14-5;1-8-6-9(12(2,3)4)11(14-5)10(7-8)15-13;1-12-6-15-10-8(14-3)4-7(13-2)5-9(10)16-11;1-11-6-13-8-4-3-7(12-2)5-9(8)14-10;1-11-6-13-9-7(12-2)4-3-5-8(9)14-10;1-6-4-7(2)9(11-3)8(5-6)12-10;1-6-3-4-7(10-2)8(5-6)11-9;1-6-4-3-5-7(11-9)8(6)10-2;1-9-6-4-2-3-5-7(6)10-8/h2*6-7,15H,1-5H3;4-5,16H,6H2,1-3H3;2*3-5,14H,6H2,1-2H3;4-5,12H,1-3H3;2*3-5,11H,1-2H3;2-5,10H,1H3. The lowest BCUT2D eigenvalue weighted by Crippen LogP contribution is -2.17. The Kier molecular flexibility index (Phi) is 60.8. The summed E-state index contributed by atoms with van der Waals surface area (Å²) in [5, 5.41) is 9.18. The van der Waals surface area contributed by atoms with Crippen LogP contribution in [0.5, 0.6) is 74.7 Å². The Morgan fingerprint density at radius 1 is 0.246 bits per heavy atom. The highest BCUT2D eigenvalue weighted by Crippen LogP contribution is 2.39. The van der Waals surface area contributed by atoms with Crippen LogP contribution in [0.2, 0.25) is 0 Å². The van der Waals surface area contributed by atoms with E-state index >= 15 is 0 Å². The van der Waals surface area contributed by atoms with Crippen LogP contribution in [-0.4, -0.2) is 113 Å². The van der Waals surface area contributed by atoms with E-state index in [2.05, 4.69) is 98.7 Å². The SMILES string of the molecule is COCOc1c(OC)cc(OC)cc1PCl.COCOc1c(OC)cccc1PCl.COCOc1ccc(OC)cc1PCl.COc1c(C)cc(C(C)(C)C)cc1PCl.COc1c(C)cc(C)cc1PCl.COc1c(C)cccc1PCl.COc1c(PCl)cc(C)cc1C(C)(C)C.COc1ccc(C)cc1PCl.COc1ccccc1PCl. The summed E-state index contributed by atoms with van der Waals surface area (Å²) < 4.78 is 82.6. The fourth-order valence-electron chi connectivity index (χ4n) is 10.2. The highest BCUT2D eigenvalue weighted by atomic mass is 35.7. The van der Waals surface area contributed by atoms with Gasteiger partial charge in [0, 0.05) is 152 Å². The Bertz CT molecular complexity index is 4290. The average molecular weight is 1980 g/mol. The molecule has 118 heavy (non-hydrogen) atoms. The second-order valence-corrected chi connectivity index (χ2v) is 38.0. The molecule has 9 rings (SSSR count). The topological polar surface area (TPSA) is 148 Å². The van der Waals surface area contributed by atoms with E-state index < -0.39 is 0 Å². The fraction of sp³-hybridized carbons (Fsp3) is 0.357. The van der Waals surface area contributed by atoms with Crippen molar-refractivity contribution < 1.29 is 75.8 Å².